The van der Waals surface area contributed by atoms with E-state index < -0.39 is 70.2 Å². The van der Waals surface area contributed by atoms with Crippen LogP contribution in [0.2, 0.25) is 0 Å². The maximum absolute atomic E-state index is 13.5. The van der Waals surface area contributed by atoms with Gasteiger partial charge in [-0.25, -0.2) is 9.69 Å². The van der Waals surface area contributed by atoms with Crippen LogP contribution in [0.3, 0.4) is 0 Å². The minimum absolute atomic E-state index is 0.0510. The first-order chi connectivity index (χ1) is 18.7. The van der Waals surface area contributed by atoms with Gasteiger partial charge in [-0.3, -0.25) is 4.90 Å². The molecule has 2 aliphatic rings. The molecule has 0 bridgehead atoms. The van der Waals surface area contributed by atoms with E-state index in [-0.39, 0.29) is 11.3 Å². The largest absolute Gasteiger partial charge is 0.434 e. The summed E-state index contributed by atoms with van der Waals surface area (Å²) in [6, 6.07) is 2.61. The smallest absolute Gasteiger partial charge is 0.426 e. The Morgan fingerprint density at radius 3 is 1.83 bits per heavy atom. The molecular formula is C20H26B4F9N3O6. The van der Waals surface area contributed by atoms with E-state index in [1.165, 1.54) is 0 Å². The van der Waals surface area contributed by atoms with Gasteiger partial charge in [0.1, 0.15) is 21.3 Å². The average molecular weight is 619 g/mol. The van der Waals surface area contributed by atoms with Crippen LogP contribution in [-0.2, 0) is 17.5 Å². The van der Waals surface area contributed by atoms with Gasteiger partial charge in [-0.05, 0) is 30.5 Å². The third-order valence-corrected chi connectivity index (χ3v) is 7.93. The third kappa shape index (κ3) is 5.79. The number of halogens is 9. The number of amides is 1. The van der Waals surface area contributed by atoms with Crippen molar-refractivity contribution < 1.29 is 69.5 Å². The van der Waals surface area contributed by atoms with Crippen LogP contribution in [-0.4, -0.2) is 122 Å². The van der Waals surface area contributed by atoms with Gasteiger partial charge in [-0.15, -0.1) is 0 Å². The fraction of sp³-hybridized carbons (Fsp3) is 0.650. The number of benzene rings is 1. The molecule has 2 saturated heterocycles. The lowest BCUT2D eigenvalue weighted by atomic mass is 9.46. The zero-order valence-corrected chi connectivity index (χ0v) is 22.7. The Hall–Kier alpha value is -2.28. The van der Waals surface area contributed by atoms with E-state index >= 15 is 0 Å². The molecule has 0 spiro atoms. The molecule has 4 N–H and O–H groups in total. The molecule has 42 heavy (non-hydrogen) atoms. The summed E-state index contributed by atoms with van der Waals surface area (Å²) in [5, 5.41) is 42.3. The highest BCUT2D eigenvalue weighted by Gasteiger charge is 2.71. The third-order valence-electron chi connectivity index (χ3n) is 7.93. The predicted octanol–water partition coefficient (Wildman–Crippen LogP) is -1.83. The fourth-order valence-electron chi connectivity index (χ4n) is 5.20. The first-order valence-electron chi connectivity index (χ1n) is 12.4. The first kappa shape index (κ1) is 34.2. The Bertz CT molecular complexity index is 1150. The van der Waals surface area contributed by atoms with Gasteiger partial charge in [0, 0.05) is 30.7 Å². The molecule has 232 valence electrons. The van der Waals surface area contributed by atoms with Gasteiger partial charge in [0.2, 0.25) is 0 Å². The number of nitrogens with zero attached hydrogens (tertiary/aromatic N) is 3. The lowest BCUT2D eigenvalue weighted by Crippen LogP contribution is -2.91. The van der Waals surface area contributed by atoms with Gasteiger partial charge < -0.3 is 30.1 Å². The van der Waals surface area contributed by atoms with Crippen molar-refractivity contribution in [2.75, 3.05) is 18.0 Å². The summed E-state index contributed by atoms with van der Waals surface area (Å²) in [6.07, 6.45) is -23.3. The van der Waals surface area contributed by atoms with E-state index in [1.54, 1.807) is 4.90 Å². The Kier molecular flexibility index (Phi) is 8.49. The van der Waals surface area contributed by atoms with Crippen LogP contribution < -0.4 is 4.90 Å². The first-order valence-corrected chi connectivity index (χ1v) is 12.4. The van der Waals surface area contributed by atoms with E-state index in [0.29, 0.717) is 41.6 Å². The maximum atomic E-state index is 13.5. The molecule has 1 aromatic rings. The van der Waals surface area contributed by atoms with Gasteiger partial charge in [-0.1, -0.05) is 6.07 Å². The predicted molar refractivity (Wildman–Crippen MR) is 137 cm³/mol. The molecule has 9 nitrogen and oxygen atoms in total. The van der Waals surface area contributed by atoms with Crippen LogP contribution in [0.1, 0.15) is 24.0 Å². The minimum Gasteiger partial charge on any atom is -0.426 e. The summed E-state index contributed by atoms with van der Waals surface area (Å²) in [4.78, 5) is 14.4. The number of carbonyl (C=O) groups is 1. The molecule has 2 unspecified atom stereocenters. The molecule has 2 fully saturated rings. The van der Waals surface area contributed by atoms with E-state index in [1.807, 2.05) is 0 Å². The summed E-state index contributed by atoms with van der Waals surface area (Å²) in [5.41, 5.74) is -7.15. The van der Waals surface area contributed by atoms with E-state index in [2.05, 4.69) is 4.74 Å². The quantitative estimate of drug-likeness (QED) is 0.177. The molecule has 1 amide bonds. The zero-order chi connectivity index (χ0) is 32.5. The number of anilines is 1. The van der Waals surface area contributed by atoms with Crippen molar-refractivity contribution in [1.82, 2.24) is 9.80 Å². The number of piperazine rings is 1. The molecule has 22 heteroatoms. The van der Waals surface area contributed by atoms with Crippen molar-refractivity contribution >= 4 is 43.2 Å². The number of hydrogen-bond acceptors (Lipinski definition) is 8. The van der Waals surface area contributed by atoms with E-state index in [9.17, 15) is 64.7 Å². The van der Waals surface area contributed by atoms with E-state index in [0.717, 1.165) is 38.8 Å². The molecule has 0 aromatic heterocycles. The number of carbonyl (C=O) groups excluding carboxylic acids is 1. The number of rotatable bonds is 4. The highest BCUT2D eigenvalue weighted by atomic mass is 19.4. The molecule has 1 aromatic carbocycles. The lowest BCUT2D eigenvalue weighted by molar-refractivity contribution is -0.413. The second-order valence-corrected chi connectivity index (χ2v) is 11.0. The summed E-state index contributed by atoms with van der Waals surface area (Å²) in [5.74, 6) is -4.12. The zero-order valence-electron chi connectivity index (χ0n) is 22.7. The topological polar surface area (TPSA) is 117 Å². The average Bonchev–Trinajstić information content (AvgIpc) is 3.32. The molecule has 2 aliphatic heterocycles. The van der Waals surface area contributed by atoms with Crippen molar-refractivity contribution in [3.8, 4) is 0 Å². The van der Waals surface area contributed by atoms with Crippen molar-refractivity contribution in [1.29, 1.82) is 0 Å². The highest BCUT2D eigenvalue weighted by Crippen LogP contribution is 2.46. The van der Waals surface area contributed by atoms with E-state index in [4.69, 9.17) is 0 Å². The summed E-state index contributed by atoms with van der Waals surface area (Å²) in [6.45, 7) is 0.0729. The van der Waals surface area contributed by atoms with Crippen LogP contribution in [0.25, 0.3) is 0 Å². The summed E-state index contributed by atoms with van der Waals surface area (Å²) >= 11 is 0. The van der Waals surface area contributed by atoms with Gasteiger partial charge in [0.05, 0.1) is 5.56 Å². The number of aliphatic hydroxyl groups is 4. The molecule has 3 rings (SSSR count). The van der Waals surface area contributed by atoms with Crippen LogP contribution >= 0.6 is 0 Å². The fourth-order valence-corrected chi connectivity index (χ4v) is 5.20. The lowest BCUT2D eigenvalue weighted by Gasteiger charge is -2.67. The van der Waals surface area contributed by atoms with Crippen LogP contribution in [0, 0.1) is 0 Å². The standard InChI is InChI=1S/C20H26B4F9N3O6/c21-17(22)18(23,38)36(13(37)42-12(15(28,29)30)16(31,32)33)20(40,41)19(24,39)35(17)8-9-3-4-10(14(25,26)27)7-11(9)34-5-1-2-6-34/h3-4,7,12,38-41H,1-2,5-6,8,21-24H2. The Labute approximate surface area is 236 Å². The van der Waals surface area contributed by atoms with Crippen molar-refractivity contribution in [3.05, 3.63) is 29.3 Å². The monoisotopic (exact) mass is 619 g/mol. The SMILES string of the molecule is BC1(B)N(Cc2ccc(C(F)(F)F)cc2N2CCCC2)C(B)(O)C(O)(O)N(C(=O)OC(C(F)(F)F)C(F)(F)F)C1(B)O. The summed E-state index contributed by atoms with van der Waals surface area (Å²) in [7, 11) is 3.39. The van der Waals surface area contributed by atoms with Gasteiger partial charge in [-0.2, -0.15) is 39.5 Å². The highest BCUT2D eigenvalue weighted by molar-refractivity contribution is 6.45. The number of ether oxygens (including phenoxy) is 1. The molecule has 0 radical (unpaired) electrons. The van der Waals surface area contributed by atoms with Gasteiger partial charge in [0.25, 0.3) is 12.0 Å². The number of hydrogen-bond donors (Lipinski definition) is 4. The summed E-state index contributed by atoms with van der Waals surface area (Å²) < 4.78 is 122. The second-order valence-electron chi connectivity index (χ2n) is 11.0. The second kappa shape index (κ2) is 10.4. The maximum Gasteiger partial charge on any atom is 0.434 e. The normalized spacial score (nSPS) is 27.0. The Morgan fingerprint density at radius 1 is 0.881 bits per heavy atom. The van der Waals surface area contributed by atoms with Gasteiger partial charge in [0.15, 0.2) is 21.3 Å². The molecular weight excluding hydrogens is 592 g/mol. The van der Waals surface area contributed by atoms with Crippen LogP contribution in [0.15, 0.2) is 18.2 Å². The molecule has 2 heterocycles. The molecule has 0 saturated carbocycles. The van der Waals surface area contributed by atoms with Crippen molar-refractivity contribution in [2.24, 2.45) is 0 Å². The van der Waals surface area contributed by atoms with Crippen LogP contribution in [0.4, 0.5) is 50.0 Å². The molecule has 0 aliphatic carbocycles. The van der Waals surface area contributed by atoms with Gasteiger partial charge >= 0.3 is 24.6 Å². The van der Waals surface area contributed by atoms with Crippen LogP contribution in [0.5, 0.6) is 0 Å². The molecule has 2 atom stereocenters. The van der Waals surface area contributed by atoms with Crippen molar-refractivity contribution in [2.45, 2.75) is 66.5 Å². The van der Waals surface area contributed by atoms with Crippen molar-refractivity contribution in [3.63, 3.8) is 0 Å². The number of alkyl halides is 9. The minimum atomic E-state index is -6.19. The Morgan fingerprint density at radius 2 is 1.38 bits per heavy atom. The Balaban J connectivity index is 2.10.